The van der Waals surface area contributed by atoms with E-state index in [1.54, 1.807) is 0 Å². The lowest BCUT2D eigenvalue weighted by Crippen LogP contribution is -2.41. The first-order valence-electron chi connectivity index (χ1n) is 6.17. The van der Waals surface area contributed by atoms with E-state index in [9.17, 15) is 4.79 Å². The van der Waals surface area contributed by atoms with Crippen LogP contribution in [-0.2, 0) is 4.74 Å². The minimum Gasteiger partial charge on any atom is -0.444 e. The van der Waals surface area contributed by atoms with E-state index in [0.29, 0.717) is 12.0 Å². The molecule has 0 aromatic heterocycles. The molecule has 92 valence electrons. The SMILES string of the molecule is CC(C)(C)OC(=O)N1CC2CCCN[C@H]2C1. The Morgan fingerprint density at radius 2 is 2.12 bits per heavy atom. The summed E-state index contributed by atoms with van der Waals surface area (Å²) in [4.78, 5) is 13.7. The Morgan fingerprint density at radius 3 is 2.75 bits per heavy atom. The molecule has 2 aliphatic rings. The molecular formula is C12H22N2O2. The molecule has 0 aliphatic carbocycles. The molecule has 0 bridgehead atoms. The number of hydrogen-bond acceptors (Lipinski definition) is 3. The van der Waals surface area contributed by atoms with Gasteiger partial charge >= 0.3 is 6.09 Å². The van der Waals surface area contributed by atoms with E-state index in [1.165, 1.54) is 12.8 Å². The fraction of sp³-hybridized carbons (Fsp3) is 0.917. The van der Waals surface area contributed by atoms with Crippen LogP contribution < -0.4 is 5.32 Å². The third-order valence-electron chi connectivity index (χ3n) is 3.25. The number of nitrogens with zero attached hydrogens (tertiary/aromatic N) is 1. The fourth-order valence-corrected chi connectivity index (χ4v) is 2.52. The smallest absolute Gasteiger partial charge is 0.410 e. The van der Waals surface area contributed by atoms with E-state index in [2.05, 4.69) is 5.32 Å². The number of carbonyl (C=O) groups is 1. The van der Waals surface area contributed by atoms with Crippen LogP contribution in [0.1, 0.15) is 33.6 Å². The molecule has 2 atom stereocenters. The highest BCUT2D eigenvalue weighted by Crippen LogP contribution is 2.26. The summed E-state index contributed by atoms with van der Waals surface area (Å²) in [6.45, 7) is 8.47. The molecule has 2 saturated heterocycles. The normalized spacial score (nSPS) is 30.1. The van der Waals surface area contributed by atoms with Crippen molar-refractivity contribution in [3.8, 4) is 0 Å². The van der Waals surface area contributed by atoms with Crippen molar-refractivity contribution in [1.29, 1.82) is 0 Å². The Labute approximate surface area is 97.3 Å². The first-order chi connectivity index (χ1) is 7.46. The van der Waals surface area contributed by atoms with E-state index in [4.69, 9.17) is 4.74 Å². The molecule has 2 fully saturated rings. The zero-order valence-electron chi connectivity index (χ0n) is 10.5. The molecule has 2 rings (SSSR count). The molecule has 0 spiro atoms. The summed E-state index contributed by atoms with van der Waals surface area (Å²) in [5.74, 6) is 0.626. The Bertz CT molecular complexity index is 259. The number of likely N-dealkylation sites (tertiary alicyclic amines) is 1. The van der Waals surface area contributed by atoms with E-state index in [1.807, 2.05) is 25.7 Å². The van der Waals surface area contributed by atoms with Crippen molar-refractivity contribution in [3.05, 3.63) is 0 Å². The lowest BCUT2D eigenvalue weighted by Gasteiger charge is -2.24. The van der Waals surface area contributed by atoms with Gasteiger partial charge in [0, 0.05) is 19.1 Å². The van der Waals surface area contributed by atoms with Crippen molar-refractivity contribution in [2.75, 3.05) is 19.6 Å². The number of rotatable bonds is 0. The molecule has 0 saturated carbocycles. The number of piperidine rings is 1. The van der Waals surface area contributed by atoms with Gasteiger partial charge in [0.25, 0.3) is 0 Å². The van der Waals surface area contributed by atoms with Gasteiger partial charge in [-0.2, -0.15) is 0 Å². The van der Waals surface area contributed by atoms with Gasteiger partial charge in [-0.15, -0.1) is 0 Å². The molecule has 1 N–H and O–H groups in total. The molecule has 1 unspecified atom stereocenters. The Morgan fingerprint density at radius 1 is 1.38 bits per heavy atom. The summed E-state index contributed by atoms with van der Waals surface area (Å²) in [6, 6.07) is 0.487. The van der Waals surface area contributed by atoms with Gasteiger partial charge < -0.3 is 15.0 Å². The maximum absolute atomic E-state index is 11.9. The number of nitrogens with one attached hydrogen (secondary N) is 1. The fourth-order valence-electron chi connectivity index (χ4n) is 2.52. The zero-order chi connectivity index (χ0) is 11.8. The summed E-state index contributed by atoms with van der Waals surface area (Å²) < 4.78 is 5.39. The summed E-state index contributed by atoms with van der Waals surface area (Å²) in [5, 5.41) is 3.48. The average Bonchev–Trinajstić information content (AvgIpc) is 2.58. The van der Waals surface area contributed by atoms with Crippen LogP contribution in [0.15, 0.2) is 0 Å². The predicted molar refractivity (Wildman–Crippen MR) is 62.3 cm³/mol. The average molecular weight is 226 g/mol. The van der Waals surface area contributed by atoms with Crippen molar-refractivity contribution >= 4 is 6.09 Å². The van der Waals surface area contributed by atoms with Crippen molar-refractivity contribution in [2.45, 2.75) is 45.3 Å². The Kier molecular flexibility index (Phi) is 3.10. The van der Waals surface area contributed by atoms with Crippen LogP contribution in [-0.4, -0.2) is 42.3 Å². The summed E-state index contributed by atoms with van der Waals surface area (Å²) in [5.41, 5.74) is -0.391. The standard InChI is InChI=1S/C12H22N2O2/c1-12(2,3)16-11(15)14-7-9-5-4-6-13-10(9)8-14/h9-10,13H,4-8H2,1-3H3/t9?,10-/m0/s1. The van der Waals surface area contributed by atoms with Gasteiger partial charge in [-0.3, -0.25) is 0 Å². The maximum Gasteiger partial charge on any atom is 0.410 e. The minimum absolute atomic E-state index is 0.163. The van der Waals surface area contributed by atoms with Crippen molar-refractivity contribution in [3.63, 3.8) is 0 Å². The Balaban J connectivity index is 1.90. The van der Waals surface area contributed by atoms with Gasteiger partial charge in [-0.25, -0.2) is 4.79 Å². The monoisotopic (exact) mass is 226 g/mol. The summed E-state index contributed by atoms with van der Waals surface area (Å²) in [7, 11) is 0. The first-order valence-corrected chi connectivity index (χ1v) is 6.17. The zero-order valence-corrected chi connectivity index (χ0v) is 10.5. The lowest BCUT2D eigenvalue weighted by atomic mass is 9.94. The topological polar surface area (TPSA) is 41.6 Å². The molecule has 2 heterocycles. The van der Waals surface area contributed by atoms with Gasteiger partial charge in [0.15, 0.2) is 0 Å². The molecular weight excluding hydrogens is 204 g/mol. The molecule has 1 amide bonds. The number of amides is 1. The highest BCUT2D eigenvalue weighted by molar-refractivity contribution is 5.68. The van der Waals surface area contributed by atoms with Crippen LogP contribution >= 0.6 is 0 Å². The molecule has 0 aromatic carbocycles. The number of carbonyl (C=O) groups excluding carboxylic acids is 1. The first kappa shape index (κ1) is 11.7. The van der Waals surface area contributed by atoms with Gasteiger partial charge in [-0.05, 0) is 46.1 Å². The molecule has 2 aliphatic heterocycles. The van der Waals surface area contributed by atoms with Crippen LogP contribution in [0.2, 0.25) is 0 Å². The molecule has 0 radical (unpaired) electrons. The second-order valence-electron chi connectivity index (χ2n) is 5.85. The lowest BCUT2D eigenvalue weighted by molar-refractivity contribution is 0.0286. The second-order valence-corrected chi connectivity index (χ2v) is 5.85. The third-order valence-corrected chi connectivity index (χ3v) is 3.25. The van der Waals surface area contributed by atoms with Gasteiger partial charge in [-0.1, -0.05) is 0 Å². The summed E-state index contributed by atoms with van der Waals surface area (Å²) in [6.07, 6.45) is 2.30. The number of hydrogen-bond donors (Lipinski definition) is 1. The van der Waals surface area contributed by atoms with E-state index < -0.39 is 5.60 Å². The van der Waals surface area contributed by atoms with Gasteiger partial charge in [0.05, 0.1) is 0 Å². The van der Waals surface area contributed by atoms with E-state index in [0.717, 1.165) is 19.6 Å². The van der Waals surface area contributed by atoms with E-state index in [-0.39, 0.29) is 6.09 Å². The van der Waals surface area contributed by atoms with Crippen molar-refractivity contribution < 1.29 is 9.53 Å². The second kappa shape index (κ2) is 4.24. The highest BCUT2D eigenvalue weighted by Gasteiger charge is 2.37. The Hall–Kier alpha value is -0.770. The van der Waals surface area contributed by atoms with Gasteiger partial charge in [0.2, 0.25) is 0 Å². The van der Waals surface area contributed by atoms with Crippen LogP contribution in [0.3, 0.4) is 0 Å². The number of fused-ring (bicyclic) bond motifs is 1. The predicted octanol–water partition coefficient (Wildman–Crippen LogP) is 1.61. The molecule has 4 heteroatoms. The van der Waals surface area contributed by atoms with Crippen LogP contribution in [0.4, 0.5) is 4.79 Å². The molecule has 16 heavy (non-hydrogen) atoms. The largest absolute Gasteiger partial charge is 0.444 e. The highest BCUT2D eigenvalue weighted by atomic mass is 16.6. The van der Waals surface area contributed by atoms with Crippen molar-refractivity contribution in [1.82, 2.24) is 10.2 Å². The van der Waals surface area contributed by atoms with Crippen molar-refractivity contribution in [2.24, 2.45) is 5.92 Å². The van der Waals surface area contributed by atoms with Crippen LogP contribution in [0.5, 0.6) is 0 Å². The summed E-state index contributed by atoms with van der Waals surface area (Å²) >= 11 is 0. The third kappa shape index (κ3) is 2.67. The quantitative estimate of drug-likeness (QED) is 0.682. The molecule has 4 nitrogen and oxygen atoms in total. The number of ether oxygens (including phenoxy) is 1. The minimum atomic E-state index is -0.391. The van der Waals surface area contributed by atoms with Crippen LogP contribution in [0, 0.1) is 5.92 Å². The van der Waals surface area contributed by atoms with Gasteiger partial charge in [0.1, 0.15) is 5.60 Å². The molecule has 0 aromatic rings. The van der Waals surface area contributed by atoms with E-state index >= 15 is 0 Å². The van der Waals surface area contributed by atoms with Crippen LogP contribution in [0.25, 0.3) is 0 Å². The maximum atomic E-state index is 11.9.